The number of fused-ring (bicyclic) bond motifs is 1. The smallest absolute Gasteiger partial charge is 0.226 e. The number of nitrogens with zero attached hydrogens (tertiary/aromatic N) is 4. The molecule has 0 spiro atoms. The number of carbonyl (C=O) groups is 1. The van der Waals surface area contributed by atoms with Gasteiger partial charge in [-0.15, -0.1) is 0 Å². The minimum atomic E-state index is -0.0506. The first-order valence-electron chi connectivity index (χ1n) is 9.35. The van der Waals surface area contributed by atoms with E-state index in [2.05, 4.69) is 42.0 Å². The molecule has 146 valence electrons. The molecular weight excluding hydrogens is 362 g/mol. The van der Waals surface area contributed by atoms with Gasteiger partial charge in [-0.25, -0.2) is 9.97 Å². The molecule has 0 unspecified atom stereocenters. The summed E-state index contributed by atoms with van der Waals surface area (Å²) in [4.78, 5) is 23.8. The average molecular weight is 390 g/mol. The second-order valence-corrected chi connectivity index (χ2v) is 8.88. The van der Waals surface area contributed by atoms with Crippen LogP contribution < -0.4 is 10.2 Å². The molecule has 1 aliphatic heterocycles. The van der Waals surface area contributed by atoms with Gasteiger partial charge in [0.05, 0.1) is 29.9 Å². The molecule has 3 heterocycles. The highest BCUT2D eigenvalue weighted by Crippen LogP contribution is 2.31. The molecule has 7 heteroatoms. The molecule has 0 bridgehead atoms. The monoisotopic (exact) mass is 389 g/mol. The van der Waals surface area contributed by atoms with Crippen molar-refractivity contribution in [2.24, 2.45) is 12.5 Å². The van der Waals surface area contributed by atoms with E-state index in [9.17, 15) is 4.79 Å². The van der Waals surface area contributed by atoms with Gasteiger partial charge in [0.25, 0.3) is 0 Å². The summed E-state index contributed by atoms with van der Waals surface area (Å²) in [5.74, 6) is 0.673. The second-order valence-electron chi connectivity index (χ2n) is 8.52. The Morgan fingerprint density at radius 3 is 2.74 bits per heavy atom. The number of aryl methyl sites for hydroxylation is 3. The third-order valence-electron chi connectivity index (χ3n) is 4.68. The Morgan fingerprint density at radius 1 is 1.37 bits per heavy atom. The summed E-state index contributed by atoms with van der Waals surface area (Å²) in [5, 5.41) is 3.65. The number of pyridine rings is 1. The zero-order chi connectivity index (χ0) is 19.8. The molecule has 0 saturated carbocycles. The fourth-order valence-corrected chi connectivity index (χ4v) is 3.50. The van der Waals surface area contributed by atoms with E-state index in [1.807, 2.05) is 18.5 Å². The van der Waals surface area contributed by atoms with Crippen LogP contribution in [0.25, 0.3) is 0 Å². The van der Waals surface area contributed by atoms with Crippen molar-refractivity contribution in [3.8, 4) is 0 Å². The SMILES string of the molecule is Cc1cc2c(nc1NC(=O)CC(C)(C)C)CCCN2Cc1ncn(C)c1Cl. The van der Waals surface area contributed by atoms with Crippen LogP contribution in [0.1, 0.15) is 50.6 Å². The van der Waals surface area contributed by atoms with E-state index >= 15 is 0 Å². The molecule has 6 nitrogen and oxygen atoms in total. The fraction of sp³-hybridized carbons (Fsp3) is 0.550. The van der Waals surface area contributed by atoms with E-state index in [0.29, 0.717) is 23.9 Å². The van der Waals surface area contributed by atoms with Gasteiger partial charge in [-0.2, -0.15) is 0 Å². The molecule has 0 saturated heterocycles. The number of nitrogens with one attached hydrogen (secondary N) is 1. The van der Waals surface area contributed by atoms with Crippen LogP contribution in [0, 0.1) is 12.3 Å². The quantitative estimate of drug-likeness (QED) is 0.854. The molecule has 2 aromatic heterocycles. The van der Waals surface area contributed by atoms with Crippen molar-refractivity contribution in [2.75, 3.05) is 16.8 Å². The molecule has 3 rings (SSSR count). The van der Waals surface area contributed by atoms with Gasteiger partial charge >= 0.3 is 0 Å². The summed E-state index contributed by atoms with van der Waals surface area (Å²) in [7, 11) is 1.89. The number of rotatable bonds is 4. The van der Waals surface area contributed by atoms with Crippen molar-refractivity contribution in [3.63, 3.8) is 0 Å². The Morgan fingerprint density at radius 2 is 2.11 bits per heavy atom. The molecule has 2 aromatic rings. The summed E-state index contributed by atoms with van der Waals surface area (Å²) < 4.78 is 1.82. The summed E-state index contributed by atoms with van der Waals surface area (Å²) in [6.07, 6.45) is 4.13. The van der Waals surface area contributed by atoms with Crippen molar-refractivity contribution in [3.05, 3.63) is 34.5 Å². The van der Waals surface area contributed by atoms with Gasteiger partial charge in [0.15, 0.2) is 0 Å². The van der Waals surface area contributed by atoms with Crippen LogP contribution in [0.15, 0.2) is 12.4 Å². The van der Waals surface area contributed by atoms with E-state index in [1.54, 1.807) is 6.33 Å². The third-order valence-corrected chi connectivity index (χ3v) is 5.16. The molecular formula is C20H28ClN5O. The number of aromatic nitrogens is 3. The van der Waals surface area contributed by atoms with Crippen LogP contribution in [-0.4, -0.2) is 27.0 Å². The van der Waals surface area contributed by atoms with E-state index in [0.717, 1.165) is 42.0 Å². The number of carbonyl (C=O) groups excluding carboxylic acids is 1. The first-order chi connectivity index (χ1) is 12.6. The Bertz CT molecular complexity index is 853. The summed E-state index contributed by atoms with van der Waals surface area (Å²) in [6.45, 7) is 9.75. The number of amides is 1. The normalized spacial score (nSPS) is 14.2. The number of hydrogen-bond acceptors (Lipinski definition) is 4. The first-order valence-corrected chi connectivity index (χ1v) is 9.73. The maximum absolute atomic E-state index is 12.3. The Balaban J connectivity index is 1.82. The van der Waals surface area contributed by atoms with Gasteiger partial charge in [0, 0.05) is 20.0 Å². The van der Waals surface area contributed by atoms with Crippen LogP contribution in [0.5, 0.6) is 0 Å². The summed E-state index contributed by atoms with van der Waals surface area (Å²) >= 11 is 6.33. The zero-order valence-corrected chi connectivity index (χ0v) is 17.5. The Kier molecular flexibility index (Phi) is 5.47. The fourth-order valence-electron chi connectivity index (χ4n) is 3.35. The maximum atomic E-state index is 12.3. The maximum Gasteiger partial charge on any atom is 0.226 e. The minimum Gasteiger partial charge on any atom is -0.364 e. The van der Waals surface area contributed by atoms with Crippen LogP contribution in [0.2, 0.25) is 5.15 Å². The van der Waals surface area contributed by atoms with E-state index < -0.39 is 0 Å². The zero-order valence-electron chi connectivity index (χ0n) is 16.8. The van der Waals surface area contributed by atoms with Gasteiger partial charge in [0.2, 0.25) is 5.91 Å². The topological polar surface area (TPSA) is 63.1 Å². The lowest BCUT2D eigenvalue weighted by Crippen LogP contribution is -2.30. The van der Waals surface area contributed by atoms with Crippen LogP contribution >= 0.6 is 11.6 Å². The molecule has 1 N–H and O–H groups in total. The lowest BCUT2D eigenvalue weighted by molar-refractivity contribution is -0.117. The summed E-state index contributed by atoms with van der Waals surface area (Å²) in [6, 6.07) is 2.12. The van der Waals surface area contributed by atoms with Crippen molar-refractivity contribution in [1.29, 1.82) is 0 Å². The van der Waals surface area contributed by atoms with Crippen molar-refractivity contribution in [2.45, 2.75) is 53.5 Å². The lowest BCUT2D eigenvalue weighted by atomic mass is 9.92. The average Bonchev–Trinajstić information content (AvgIpc) is 2.86. The molecule has 0 radical (unpaired) electrons. The van der Waals surface area contributed by atoms with E-state index in [-0.39, 0.29) is 11.3 Å². The molecule has 0 aromatic carbocycles. The van der Waals surface area contributed by atoms with Gasteiger partial charge in [-0.1, -0.05) is 32.4 Å². The number of hydrogen-bond donors (Lipinski definition) is 1. The van der Waals surface area contributed by atoms with Gasteiger partial charge in [0.1, 0.15) is 11.0 Å². The van der Waals surface area contributed by atoms with Gasteiger partial charge in [-0.05, 0) is 36.8 Å². The molecule has 0 atom stereocenters. The van der Waals surface area contributed by atoms with Crippen LogP contribution in [0.4, 0.5) is 11.5 Å². The largest absolute Gasteiger partial charge is 0.364 e. The van der Waals surface area contributed by atoms with Crippen LogP contribution in [-0.2, 0) is 24.8 Å². The molecule has 0 aliphatic carbocycles. The van der Waals surface area contributed by atoms with Crippen molar-refractivity contribution in [1.82, 2.24) is 14.5 Å². The molecule has 0 fully saturated rings. The molecule has 1 aliphatic rings. The van der Waals surface area contributed by atoms with Crippen molar-refractivity contribution < 1.29 is 4.79 Å². The summed E-state index contributed by atoms with van der Waals surface area (Å²) in [5.41, 5.74) is 3.91. The standard InChI is InChI=1S/C20H28ClN5O/c1-13-9-16-14(23-19(13)24-17(27)10-20(2,3)4)7-6-8-26(16)11-15-18(21)25(5)12-22-15/h9,12H,6-8,10-11H2,1-5H3,(H,23,24,27). The lowest BCUT2D eigenvalue weighted by Gasteiger charge is -2.31. The highest BCUT2D eigenvalue weighted by atomic mass is 35.5. The third kappa shape index (κ3) is 4.61. The predicted molar refractivity (Wildman–Crippen MR) is 109 cm³/mol. The number of anilines is 2. The molecule has 1 amide bonds. The highest BCUT2D eigenvalue weighted by Gasteiger charge is 2.23. The minimum absolute atomic E-state index is 0.00554. The Labute approximate surface area is 165 Å². The Hall–Kier alpha value is -2.08. The van der Waals surface area contributed by atoms with Crippen molar-refractivity contribution >= 4 is 29.0 Å². The van der Waals surface area contributed by atoms with Gasteiger partial charge < -0.3 is 14.8 Å². The predicted octanol–water partition coefficient (Wildman–Crippen LogP) is 4.10. The first kappa shape index (κ1) is 19.7. The second kappa shape index (κ2) is 7.50. The number of halogens is 1. The van der Waals surface area contributed by atoms with Gasteiger partial charge in [-0.3, -0.25) is 4.79 Å². The van der Waals surface area contributed by atoms with E-state index in [1.165, 1.54) is 0 Å². The highest BCUT2D eigenvalue weighted by molar-refractivity contribution is 6.30. The number of imidazole rings is 1. The molecule has 27 heavy (non-hydrogen) atoms. The van der Waals surface area contributed by atoms with E-state index in [4.69, 9.17) is 16.6 Å². The van der Waals surface area contributed by atoms with Crippen LogP contribution in [0.3, 0.4) is 0 Å².